The molecule has 1 aliphatic rings. The Kier molecular flexibility index (Phi) is 5.09. The van der Waals surface area contributed by atoms with Crippen LogP contribution >= 0.6 is 0 Å². The van der Waals surface area contributed by atoms with Gasteiger partial charge in [0.25, 0.3) is 0 Å². The van der Waals surface area contributed by atoms with Crippen molar-refractivity contribution >= 4 is 16.7 Å². The van der Waals surface area contributed by atoms with Crippen LogP contribution in [0.15, 0.2) is 54.6 Å². The number of piperidine rings is 1. The topological polar surface area (TPSA) is 39.6 Å². The Hall–Kier alpha value is -2.43. The van der Waals surface area contributed by atoms with Gasteiger partial charge < -0.3 is 10.0 Å². The van der Waals surface area contributed by atoms with Crippen LogP contribution in [0.1, 0.15) is 29.5 Å². The molecule has 4 nitrogen and oxygen atoms in total. The van der Waals surface area contributed by atoms with Crippen molar-refractivity contribution in [3.05, 3.63) is 71.3 Å². The first-order valence-corrected chi connectivity index (χ1v) is 10.0. The van der Waals surface area contributed by atoms with E-state index in [4.69, 9.17) is 4.98 Å². The molecule has 0 spiro atoms. The van der Waals surface area contributed by atoms with Crippen LogP contribution in [0.3, 0.4) is 0 Å². The Labute approximate surface area is 167 Å². The van der Waals surface area contributed by atoms with Gasteiger partial charge in [-0.05, 0) is 37.5 Å². The first-order valence-electron chi connectivity index (χ1n) is 10.0. The number of nitrogens with zero attached hydrogens (tertiary/aromatic N) is 3. The number of fused-ring (bicyclic) bond motifs is 1. The van der Waals surface area contributed by atoms with E-state index in [0.29, 0.717) is 0 Å². The maximum atomic E-state index is 11.2. The molecule has 0 aliphatic carbocycles. The van der Waals surface area contributed by atoms with Crippen molar-refractivity contribution in [2.45, 2.75) is 31.9 Å². The molecule has 1 aromatic heterocycles. The third-order valence-electron chi connectivity index (χ3n) is 5.87. The fraction of sp³-hybridized carbons (Fsp3) is 0.375. The molecule has 0 bridgehead atoms. The Morgan fingerprint density at radius 2 is 1.71 bits per heavy atom. The second kappa shape index (κ2) is 7.53. The Morgan fingerprint density at radius 1 is 1.04 bits per heavy atom. The number of hydrogen-bond donors (Lipinski definition) is 1. The minimum absolute atomic E-state index is 0.712. The lowest BCUT2D eigenvalue weighted by atomic mass is 9.84. The minimum atomic E-state index is -0.712. The summed E-state index contributed by atoms with van der Waals surface area (Å²) in [5.74, 6) is 1.03. The van der Waals surface area contributed by atoms with E-state index in [2.05, 4.69) is 65.3 Å². The molecule has 4 heteroatoms. The summed E-state index contributed by atoms with van der Waals surface area (Å²) in [6.45, 7) is 4.69. The van der Waals surface area contributed by atoms with E-state index in [9.17, 15) is 5.11 Å². The smallest absolute Gasteiger partial charge is 0.133 e. The second-order valence-corrected chi connectivity index (χ2v) is 8.23. The summed E-state index contributed by atoms with van der Waals surface area (Å²) in [7, 11) is 4.10. The highest BCUT2D eigenvalue weighted by Crippen LogP contribution is 2.34. The number of pyridine rings is 1. The number of anilines is 1. The van der Waals surface area contributed by atoms with Crippen molar-refractivity contribution in [3.63, 3.8) is 0 Å². The molecule has 1 saturated heterocycles. The maximum absolute atomic E-state index is 11.2. The van der Waals surface area contributed by atoms with Crippen molar-refractivity contribution in [2.24, 2.45) is 0 Å². The normalized spacial score (nSPS) is 17.0. The van der Waals surface area contributed by atoms with E-state index >= 15 is 0 Å². The average molecular weight is 376 g/mol. The van der Waals surface area contributed by atoms with Gasteiger partial charge >= 0.3 is 0 Å². The lowest BCUT2D eigenvalue weighted by molar-refractivity contribution is -0.0277. The van der Waals surface area contributed by atoms with E-state index in [1.54, 1.807) is 0 Å². The number of aromatic nitrogens is 1. The standard InChI is InChI=1S/C24H29N3O/c1-18-8-10-21(11-9-18)24(28)12-14-27(15-13-24)17-20-16-19-6-4-5-7-22(19)25-23(20)26(2)3/h4-11,16,28H,12-15,17H2,1-3H3. The molecule has 0 saturated carbocycles. The summed E-state index contributed by atoms with van der Waals surface area (Å²) in [6, 6.07) is 18.9. The number of hydrogen-bond acceptors (Lipinski definition) is 4. The van der Waals surface area contributed by atoms with Crippen molar-refractivity contribution < 1.29 is 5.11 Å². The van der Waals surface area contributed by atoms with Crippen LogP contribution in [0.2, 0.25) is 0 Å². The number of aryl methyl sites for hydroxylation is 1. The molecule has 28 heavy (non-hydrogen) atoms. The first-order chi connectivity index (χ1) is 13.4. The third kappa shape index (κ3) is 3.75. The molecule has 1 N–H and O–H groups in total. The number of likely N-dealkylation sites (tertiary alicyclic amines) is 1. The molecule has 2 heterocycles. The summed E-state index contributed by atoms with van der Waals surface area (Å²) in [5, 5.41) is 12.3. The summed E-state index contributed by atoms with van der Waals surface area (Å²) >= 11 is 0. The molecule has 0 amide bonds. The van der Waals surface area contributed by atoms with E-state index in [0.717, 1.165) is 49.4 Å². The van der Waals surface area contributed by atoms with Crippen LogP contribution in [-0.4, -0.2) is 42.2 Å². The van der Waals surface area contributed by atoms with Gasteiger partial charge in [-0.15, -0.1) is 0 Å². The van der Waals surface area contributed by atoms with Gasteiger partial charge in [-0.25, -0.2) is 4.98 Å². The van der Waals surface area contributed by atoms with Crippen LogP contribution in [0.25, 0.3) is 10.9 Å². The van der Waals surface area contributed by atoms with Gasteiger partial charge in [0, 0.05) is 44.7 Å². The van der Waals surface area contributed by atoms with Gasteiger partial charge in [-0.1, -0.05) is 48.0 Å². The molecule has 1 fully saturated rings. The van der Waals surface area contributed by atoms with Crippen LogP contribution in [0, 0.1) is 6.92 Å². The number of aliphatic hydroxyl groups is 1. The lowest BCUT2D eigenvalue weighted by Crippen LogP contribution is -2.42. The van der Waals surface area contributed by atoms with Gasteiger partial charge in [-0.2, -0.15) is 0 Å². The lowest BCUT2D eigenvalue weighted by Gasteiger charge is -2.39. The number of para-hydroxylation sites is 1. The maximum Gasteiger partial charge on any atom is 0.133 e. The summed E-state index contributed by atoms with van der Waals surface area (Å²) in [5.41, 5.74) is 3.83. The molecule has 0 unspecified atom stereocenters. The summed E-state index contributed by atoms with van der Waals surface area (Å²) in [6.07, 6.45) is 1.52. The van der Waals surface area contributed by atoms with E-state index in [1.807, 2.05) is 20.2 Å². The third-order valence-corrected chi connectivity index (χ3v) is 5.87. The Balaban J connectivity index is 1.51. The quantitative estimate of drug-likeness (QED) is 0.745. The summed E-state index contributed by atoms with van der Waals surface area (Å²) in [4.78, 5) is 9.40. The monoisotopic (exact) mass is 375 g/mol. The van der Waals surface area contributed by atoms with Gasteiger partial charge in [-0.3, -0.25) is 4.90 Å². The molecule has 4 rings (SSSR count). The van der Waals surface area contributed by atoms with Gasteiger partial charge in [0.2, 0.25) is 0 Å². The van der Waals surface area contributed by atoms with Crippen molar-refractivity contribution in [1.29, 1.82) is 0 Å². The molecule has 0 radical (unpaired) electrons. The highest BCUT2D eigenvalue weighted by molar-refractivity contribution is 5.81. The van der Waals surface area contributed by atoms with Crippen LogP contribution < -0.4 is 4.90 Å². The fourth-order valence-corrected chi connectivity index (χ4v) is 4.13. The largest absolute Gasteiger partial charge is 0.385 e. The second-order valence-electron chi connectivity index (χ2n) is 8.23. The van der Waals surface area contributed by atoms with Crippen LogP contribution in [0.4, 0.5) is 5.82 Å². The minimum Gasteiger partial charge on any atom is -0.385 e. The molecular weight excluding hydrogens is 346 g/mol. The molecule has 146 valence electrons. The Bertz CT molecular complexity index is 957. The number of benzene rings is 2. The highest BCUT2D eigenvalue weighted by atomic mass is 16.3. The van der Waals surface area contributed by atoms with Crippen molar-refractivity contribution in [3.8, 4) is 0 Å². The molecule has 2 aromatic carbocycles. The molecule has 3 aromatic rings. The zero-order valence-electron chi connectivity index (χ0n) is 17.0. The zero-order chi connectivity index (χ0) is 19.7. The predicted octanol–water partition coefficient (Wildman–Crippen LogP) is 4.09. The van der Waals surface area contributed by atoms with E-state index in [-0.39, 0.29) is 0 Å². The Morgan fingerprint density at radius 3 is 2.39 bits per heavy atom. The van der Waals surface area contributed by atoms with Gasteiger partial charge in [0.05, 0.1) is 11.1 Å². The highest BCUT2D eigenvalue weighted by Gasteiger charge is 2.34. The molecular formula is C24H29N3O. The number of rotatable bonds is 4. The fourth-order valence-electron chi connectivity index (χ4n) is 4.13. The van der Waals surface area contributed by atoms with E-state index < -0.39 is 5.60 Å². The van der Waals surface area contributed by atoms with Gasteiger partial charge in [0.1, 0.15) is 5.82 Å². The summed E-state index contributed by atoms with van der Waals surface area (Å²) < 4.78 is 0. The van der Waals surface area contributed by atoms with Gasteiger partial charge in [0.15, 0.2) is 0 Å². The van der Waals surface area contributed by atoms with Crippen molar-refractivity contribution in [1.82, 2.24) is 9.88 Å². The molecule has 0 atom stereocenters. The van der Waals surface area contributed by atoms with Crippen LogP contribution in [0.5, 0.6) is 0 Å². The molecule has 1 aliphatic heterocycles. The first kappa shape index (κ1) is 18.9. The van der Waals surface area contributed by atoms with E-state index in [1.165, 1.54) is 16.5 Å². The van der Waals surface area contributed by atoms with Crippen molar-refractivity contribution in [2.75, 3.05) is 32.1 Å². The van der Waals surface area contributed by atoms with Crippen LogP contribution in [-0.2, 0) is 12.1 Å². The average Bonchev–Trinajstić information content (AvgIpc) is 2.69. The SMILES string of the molecule is Cc1ccc(C2(O)CCN(Cc3cc4ccccc4nc3N(C)C)CC2)cc1. The zero-order valence-corrected chi connectivity index (χ0v) is 17.0. The predicted molar refractivity (Wildman–Crippen MR) is 116 cm³/mol.